The summed E-state index contributed by atoms with van der Waals surface area (Å²) < 4.78 is 5.31. The van der Waals surface area contributed by atoms with Crippen LogP contribution in [0.15, 0.2) is 0 Å². The van der Waals surface area contributed by atoms with E-state index in [9.17, 15) is 4.79 Å². The van der Waals surface area contributed by atoms with Gasteiger partial charge in [-0.3, -0.25) is 4.79 Å². The molecule has 0 aromatic heterocycles. The van der Waals surface area contributed by atoms with Gasteiger partial charge in [-0.15, -0.1) is 0 Å². The number of amides is 1. The van der Waals surface area contributed by atoms with E-state index in [0.717, 1.165) is 39.2 Å². The lowest BCUT2D eigenvalue weighted by Crippen LogP contribution is -2.51. The zero-order chi connectivity index (χ0) is 10.0. The van der Waals surface area contributed by atoms with E-state index in [0.29, 0.717) is 6.61 Å². The van der Waals surface area contributed by atoms with Gasteiger partial charge in [0.1, 0.15) is 0 Å². The molecule has 0 aromatic rings. The monoisotopic (exact) mass is 198 g/mol. The number of carbonyl (C=O) groups is 1. The molecule has 4 heteroatoms. The molecular formula is C10H18N2O2. The number of hydrogen-bond acceptors (Lipinski definition) is 3. The molecule has 0 radical (unpaired) electrons. The quantitative estimate of drug-likeness (QED) is 0.637. The summed E-state index contributed by atoms with van der Waals surface area (Å²) in [6.45, 7) is 6.86. The number of ether oxygens (including phenoxy) is 1. The number of nitrogens with one attached hydrogen (secondary N) is 1. The van der Waals surface area contributed by atoms with Gasteiger partial charge < -0.3 is 15.0 Å². The van der Waals surface area contributed by atoms with E-state index in [4.69, 9.17) is 4.74 Å². The third kappa shape index (κ3) is 1.77. The number of nitrogens with zero attached hydrogens (tertiary/aromatic N) is 1. The molecule has 4 nitrogen and oxygen atoms in total. The van der Waals surface area contributed by atoms with Crippen molar-refractivity contribution in [3.05, 3.63) is 0 Å². The van der Waals surface area contributed by atoms with E-state index in [1.807, 2.05) is 11.8 Å². The maximum Gasteiger partial charge on any atom is 0.231 e. The molecule has 2 fully saturated rings. The Labute approximate surface area is 84.6 Å². The summed E-state index contributed by atoms with van der Waals surface area (Å²) in [4.78, 5) is 14.1. The normalized spacial score (nSPS) is 33.4. The van der Waals surface area contributed by atoms with Gasteiger partial charge in [-0.1, -0.05) is 0 Å². The van der Waals surface area contributed by atoms with Crippen molar-refractivity contribution in [3.63, 3.8) is 0 Å². The third-order valence-electron chi connectivity index (χ3n) is 3.14. The molecule has 2 rings (SSSR count). The molecule has 80 valence electrons. The average molecular weight is 198 g/mol. The average Bonchev–Trinajstić information content (AvgIpc) is 2.67. The van der Waals surface area contributed by atoms with Crippen molar-refractivity contribution in [2.75, 3.05) is 39.4 Å². The van der Waals surface area contributed by atoms with E-state index in [1.54, 1.807) is 0 Å². The first-order chi connectivity index (χ1) is 6.72. The highest BCUT2D eigenvalue weighted by Gasteiger charge is 2.40. The van der Waals surface area contributed by atoms with E-state index >= 15 is 0 Å². The second-order valence-corrected chi connectivity index (χ2v) is 4.41. The van der Waals surface area contributed by atoms with Crippen molar-refractivity contribution >= 4 is 5.91 Å². The summed E-state index contributed by atoms with van der Waals surface area (Å²) in [6.07, 6.45) is 0.871. The minimum Gasteiger partial charge on any atom is -0.380 e. The summed E-state index contributed by atoms with van der Waals surface area (Å²) in [5.74, 6) is 0.275. The lowest BCUT2D eigenvalue weighted by molar-refractivity contribution is -0.141. The molecule has 2 aliphatic rings. The Bertz CT molecular complexity index is 218. The van der Waals surface area contributed by atoms with Crippen molar-refractivity contribution < 1.29 is 9.53 Å². The molecule has 2 aliphatic heterocycles. The Hall–Kier alpha value is -0.610. The molecule has 1 unspecified atom stereocenters. The molecule has 0 bridgehead atoms. The van der Waals surface area contributed by atoms with Crippen molar-refractivity contribution in [1.82, 2.24) is 10.2 Å². The van der Waals surface area contributed by atoms with Gasteiger partial charge in [0.15, 0.2) is 0 Å². The summed E-state index contributed by atoms with van der Waals surface area (Å²) in [7, 11) is 0. The number of piperazine rings is 1. The highest BCUT2D eigenvalue weighted by molar-refractivity contribution is 5.82. The van der Waals surface area contributed by atoms with Gasteiger partial charge in [-0.05, 0) is 13.3 Å². The molecular weight excluding hydrogens is 180 g/mol. The maximum absolute atomic E-state index is 12.1. The highest BCUT2D eigenvalue weighted by atomic mass is 16.5. The van der Waals surface area contributed by atoms with Crippen LogP contribution in [0.25, 0.3) is 0 Å². The molecule has 1 amide bonds. The third-order valence-corrected chi connectivity index (χ3v) is 3.14. The fourth-order valence-electron chi connectivity index (χ4n) is 2.09. The van der Waals surface area contributed by atoms with Crippen molar-refractivity contribution in [2.45, 2.75) is 13.3 Å². The Kier molecular flexibility index (Phi) is 2.74. The first-order valence-electron chi connectivity index (χ1n) is 5.30. The zero-order valence-corrected chi connectivity index (χ0v) is 8.71. The predicted octanol–water partition coefficient (Wildman–Crippen LogP) is -0.155. The molecule has 1 N–H and O–H groups in total. The van der Waals surface area contributed by atoms with E-state index in [1.165, 1.54) is 0 Å². The summed E-state index contributed by atoms with van der Waals surface area (Å²) >= 11 is 0. The predicted molar refractivity (Wildman–Crippen MR) is 53.0 cm³/mol. The minimum atomic E-state index is -0.253. The summed E-state index contributed by atoms with van der Waals surface area (Å²) in [5, 5.41) is 3.25. The topological polar surface area (TPSA) is 41.6 Å². The van der Waals surface area contributed by atoms with Gasteiger partial charge in [-0.25, -0.2) is 0 Å². The van der Waals surface area contributed by atoms with Crippen LogP contribution in [0.3, 0.4) is 0 Å². The van der Waals surface area contributed by atoms with Gasteiger partial charge in [0.05, 0.1) is 12.0 Å². The number of rotatable bonds is 1. The van der Waals surface area contributed by atoms with Crippen LogP contribution < -0.4 is 5.32 Å². The molecule has 14 heavy (non-hydrogen) atoms. The summed E-state index contributed by atoms with van der Waals surface area (Å²) in [6, 6.07) is 0. The number of carbonyl (C=O) groups excluding carboxylic acids is 1. The Morgan fingerprint density at radius 1 is 1.43 bits per heavy atom. The van der Waals surface area contributed by atoms with Gasteiger partial charge >= 0.3 is 0 Å². The highest BCUT2D eigenvalue weighted by Crippen LogP contribution is 2.30. The van der Waals surface area contributed by atoms with Crippen LogP contribution in [0.4, 0.5) is 0 Å². The fraction of sp³-hybridized carbons (Fsp3) is 0.900. The molecule has 0 aliphatic carbocycles. The van der Waals surface area contributed by atoms with Crippen LogP contribution >= 0.6 is 0 Å². The first-order valence-corrected chi connectivity index (χ1v) is 5.30. The minimum absolute atomic E-state index is 0.253. The standard InChI is InChI=1S/C10H18N2O2/c1-10(2-7-14-8-10)9(13)12-5-3-11-4-6-12/h11H,2-8H2,1H3. The van der Waals surface area contributed by atoms with Gasteiger partial charge in [-0.2, -0.15) is 0 Å². The van der Waals surface area contributed by atoms with Gasteiger partial charge in [0.25, 0.3) is 0 Å². The molecule has 2 saturated heterocycles. The SMILES string of the molecule is CC1(C(=O)N2CCNCC2)CCOC1. The largest absolute Gasteiger partial charge is 0.380 e. The molecule has 0 saturated carbocycles. The van der Waals surface area contributed by atoms with Crippen LogP contribution in [0.5, 0.6) is 0 Å². The van der Waals surface area contributed by atoms with Crippen LogP contribution in [0.2, 0.25) is 0 Å². The Morgan fingerprint density at radius 2 is 2.14 bits per heavy atom. The van der Waals surface area contributed by atoms with Gasteiger partial charge in [0, 0.05) is 32.8 Å². The summed E-state index contributed by atoms with van der Waals surface area (Å²) in [5.41, 5.74) is -0.253. The second kappa shape index (κ2) is 3.87. The number of hydrogen-bond donors (Lipinski definition) is 1. The van der Waals surface area contributed by atoms with Crippen molar-refractivity contribution in [3.8, 4) is 0 Å². The zero-order valence-electron chi connectivity index (χ0n) is 8.71. The second-order valence-electron chi connectivity index (χ2n) is 4.41. The van der Waals surface area contributed by atoms with Crippen molar-refractivity contribution in [1.29, 1.82) is 0 Å². The molecule has 0 spiro atoms. The van der Waals surface area contributed by atoms with E-state index in [-0.39, 0.29) is 11.3 Å². The van der Waals surface area contributed by atoms with Crippen LogP contribution in [0, 0.1) is 5.41 Å². The van der Waals surface area contributed by atoms with Crippen molar-refractivity contribution in [2.24, 2.45) is 5.41 Å². The lowest BCUT2D eigenvalue weighted by Gasteiger charge is -2.33. The molecule has 2 heterocycles. The maximum atomic E-state index is 12.1. The van der Waals surface area contributed by atoms with Crippen LogP contribution in [-0.4, -0.2) is 50.2 Å². The first kappa shape index (κ1) is 9.93. The van der Waals surface area contributed by atoms with Crippen LogP contribution in [-0.2, 0) is 9.53 Å². The molecule has 1 atom stereocenters. The Morgan fingerprint density at radius 3 is 2.71 bits per heavy atom. The molecule has 0 aromatic carbocycles. The lowest BCUT2D eigenvalue weighted by atomic mass is 9.88. The van der Waals surface area contributed by atoms with E-state index < -0.39 is 0 Å². The van der Waals surface area contributed by atoms with E-state index in [2.05, 4.69) is 5.32 Å². The fourth-order valence-corrected chi connectivity index (χ4v) is 2.09. The van der Waals surface area contributed by atoms with Gasteiger partial charge in [0.2, 0.25) is 5.91 Å². The van der Waals surface area contributed by atoms with Crippen LogP contribution in [0.1, 0.15) is 13.3 Å². The smallest absolute Gasteiger partial charge is 0.231 e. The Balaban J connectivity index is 1.98.